The summed E-state index contributed by atoms with van der Waals surface area (Å²) in [4.78, 5) is 37.7. The normalized spacial score (nSPS) is 15.9. The molecule has 8 nitrogen and oxygen atoms in total. The fourth-order valence-corrected chi connectivity index (χ4v) is 4.38. The van der Waals surface area contributed by atoms with Gasteiger partial charge in [-0.05, 0) is 29.0 Å². The van der Waals surface area contributed by atoms with Crippen molar-refractivity contribution in [3.8, 4) is 0 Å². The van der Waals surface area contributed by atoms with E-state index in [1.807, 2.05) is 13.0 Å². The molecule has 8 heteroatoms. The summed E-state index contributed by atoms with van der Waals surface area (Å²) < 4.78 is 5.61. The molecule has 0 bridgehead atoms. The van der Waals surface area contributed by atoms with E-state index in [1.54, 1.807) is 0 Å². The number of aromatic nitrogens is 3. The summed E-state index contributed by atoms with van der Waals surface area (Å²) in [5.74, 6) is 0.667. The average molecular weight is 458 g/mol. The minimum atomic E-state index is -0.186. The van der Waals surface area contributed by atoms with Crippen molar-refractivity contribution in [1.82, 2.24) is 15.1 Å². The second kappa shape index (κ2) is 8.27. The maximum Gasteiger partial charge on any atom is 0.225 e. The Hall–Kier alpha value is -3.68. The quantitative estimate of drug-likeness (QED) is 0.556. The lowest BCUT2D eigenvalue weighted by molar-refractivity contribution is -0.116. The summed E-state index contributed by atoms with van der Waals surface area (Å²) in [6.45, 7) is 8.53. The molecule has 1 N–H and O–H groups in total. The first kappa shape index (κ1) is 22.1. The predicted octanol–water partition coefficient (Wildman–Crippen LogP) is 4.70. The number of hydrogen-bond donors (Lipinski definition) is 1. The molecule has 174 valence electrons. The summed E-state index contributed by atoms with van der Waals surface area (Å²) in [6, 6.07) is 8.29. The molecular formula is C26H27N5O3. The third-order valence-corrected chi connectivity index (χ3v) is 6.43. The van der Waals surface area contributed by atoms with Crippen molar-refractivity contribution in [1.29, 1.82) is 0 Å². The summed E-state index contributed by atoms with van der Waals surface area (Å²) in [6.07, 6.45) is 3.02. The van der Waals surface area contributed by atoms with Crippen LogP contribution in [0.2, 0.25) is 0 Å². The highest BCUT2D eigenvalue weighted by molar-refractivity contribution is 6.05. The highest BCUT2D eigenvalue weighted by Gasteiger charge is 2.27. The third-order valence-electron chi connectivity index (χ3n) is 6.43. The van der Waals surface area contributed by atoms with E-state index in [0.717, 1.165) is 11.4 Å². The lowest BCUT2D eigenvalue weighted by Crippen LogP contribution is -2.23. The molecule has 0 aliphatic carbocycles. The van der Waals surface area contributed by atoms with E-state index in [-0.39, 0.29) is 29.4 Å². The molecule has 0 radical (unpaired) electrons. The van der Waals surface area contributed by atoms with Crippen LogP contribution in [0.3, 0.4) is 0 Å². The van der Waals surface area contributed by atoms with Gasteiger partial charge in [-0.15, -0.1) is 0 Å². The average Bonchev–Trinajstić information content (AvgIpc) is 3.44. The smallest absolute Gasteiger partial charge is 0.225 e. The molecular weight excluding hydrogens is 430 g/mol. The molecule has 0 fully saturated rings. The molecule has 2 aromatic heterocycles. The van der Waals surface area contributed by atoms with Crippen molar-refractivity contribution in [2.45, 2.75) is 64.7 Å². The van der Waals surface area contributed by atoms with Crippen LogP contribution < -0.4 is 5.32 Å². The van der Waals surface area contributed by atoms with Crippen molar-refractivity contribution in [2.24, 2.45) is 4.99 Å². The molecule has 0 spiro atoms. The van der Waals surface area contributed by atoms with Crippen LogP contribution in [0.5, 0.6) is 0 Å². The number of carbonyl (C=O) groups excluding carboxylic acids is 2. The number of nitrogens with zero attached hydrogens (tertiary/aromatic N) is 4. The van der Waals surface area contributed by atoms with Crippen LogP contribution >= 0.6 is 0 Å². The van der Waals surface area contributed by atoms with E-state index < -0.39 is 0 Å². The van der Waals surface area contributed by atoms with Gasteiger partial charge in [-0.1, -0.05) is 45.0 Å². The van der Waals surface area contributed by atoms with Crippen molar-refractivity contribution in [3.05, 3.63) is 64.4 Å². The fourth-order valence-electron chi connectivity index (χ4n) is 4.38. The number of hydrogen-bond acceptors (Lipinski definition) is 7. The van der Waals surface area contributed by atoms with Crippen molar-refractivity contribution in [2.75, 3.05) is 5.32 Å². The van der Waals surface area contributed by atoms with Gasteiger partial charge in [0.15, 0.2) is 5.78 Å². The van der Waals surface area contributed by atoms with Gasteiger partial charge in [0.25, 0.3) is 0 Å². The molecule has 1 amide bonds. The van der Waals surface area contributed by atoms with Crippen LogP contribution in [0.15, 0.2) is 40.1 Å². The highest BCUT2D eigenvalue weighted by Crippen LogP contribution is 2.34. The van der Waals surface area contributed by atoms with Crippen LogP contribution in [0.25, 0.3) is 0 Å². The van der Waals surface area contributed by atoms with Gasteiger partial charge in [0.2, 0.25) is 5.91 Å². The Morgan fingerprint density at radius 1 is 1.18 bits per heavy atom. The molecule has 0 unspecified atom stereocenters. The zero-order chi connectivity index (χ0) is 24.0. The molecule has 2 aliphatic heterocycles. The predicted molar refractivity (Wildman–Crippen MR) is 128 cm³/mol. The lowest BCUT2D eigenvalue weighted by atomic mass is 9.85. The topological polar surface area (TPSA) is 110 Å². The molecule has 0 saturated carbocycles. The van der Waals surface area contributed by atoms with Gasteiger partial charge in [0.05, 0.1) is 11.4 Å². The highest BCUT2D eigenvalue weighted by atomic mass is 16.5. The Kier molecular flexibility index (Phi) is 5.38. The summed E-state index contributed by atoms with van der Waals surface area (Å²) in [5, 5.41) is 6.95. The first-order valence-electron chi connectivity index (χ1n) is 11.5. The van der Waals surface area contributed by atoms with Crippen molar-refractivity contribution >= 4 is 28.9 Å². The van der Waals surface area contributed by atoms with Crippen LogP contribution in [-0.4, -0.2) is 32.5 Å². The van der Waals surface area contributed by atoms with E-state index in [2.05, 4.69) is 59.4 Å². The van der Waals surface area contributed by atoms with Crippen LogP contribution in [-0.2, 0) is 23.1 Å². The largest absolute Gasteiger partial charge is 0.360 e. The van der Waals surface area contributed by atoms with Crippen LogP contribution in [0.4, 0.5) is 11.5 Å². The van der Waals surface area contributed by atoms with E-state index in [4.69, 9.17) is 9.52 Å². The molecule has 1 aromatic carbocycles. The van der Waals surface area contributed by atoms with Crippen LogP contribution in [0, 0.1) is 0 Å². The molecule has 34 heavy (non-hydrogen) atoms. The maximum absolute atomic E-state index is 13.0. The number of benzene rings is 1. The zero-order valence-corrected chi connectivity index (χ0v) is 19.8. The summed E-state index contributed by atoms with van der Waals surface area (Å²) in [5.41, 5.74) is 6.15. The van der Waals surface area contributed by atoms with Crippen LogP contribution in [0.1, 0.15) is 85.1 Å². The van der Waals surface area contributed by atoms with Crippen molar-refractivity contribution < 1.29 is 14.1 Å². The number of amides is 1. The van der Waals surface area contributed by atoms with Gasteiger partial charge in [-0.2, -0.15) is 0 Å². The maximum atomic E-state index is 13.0. The SMILES string of the molecule is C[C@@H](CC(=O)c1ncnc2c1CCC(=O)N2)c1cc(C2=Nc3ccc(C(C)(C)C)cc3C2)no1. The minimum absolute atomic E-state index is 0.0787. The monoisotopic (exact) mass is 457 g/mol. The standard InChI is InChI=1S/C26H27N5O3/c1-14(9-21(32)24-17-6-8-23(33)30-25(17)28-13-27-24)22-12-20(31-34-22)19-11-15-10-16(26(2,3)4)5-7-18(15)29-19/h5,7,10,12-14H,6,8-9,11H2,1-4H3,(H,27,28,30,33)/t14-/m0/s1. The van der Waals surface area contributed by atoms with Gasteiger partial charge in [0, 0.05) is 36.8 Å². The molecule has 4 heterocycles. The second-order valence-corrected chi connectivity index (χ2v) is 10.1. The molecule has 2 aliphatic rings. The van der Waals surface area contributed by atoms with Gasteiger partial charge >= 0.3 is 0 Å². The minimum Gasteiger partial charge on any atom is -0.360 e. The first-order chi connectivity index (χ1) is 16.2. The molecule has 1 atom stereocenters. The number of anilines is 1. The summed E-state index contributed by atoms with van der Waals surface area (Å²) >= 11 is 0. The number of carbonyl (C=O) groups is 2. The van der Waals surface area contributed by atoms with Gasteiger partial charge < -0.3 is 9.84 Å². The number of ketones is 1. The zero-order valence-electron chi connectivity index (χ0n) is 19.8. The van der Waals surface area contributed by atoms with Gasteiger partial charge in [0.1, 0.15) is 29.3 Å². The van der Waals surface area contributed by atoms with E-state index >= 15 is 0 Å². The van der Waals surface area contributed by atoms with E-state index in [0.29, 0.717) is 47.8 Å². The third kappa shape index (κ3) is 4.16. The summed E-state index contributed by atoms with van der Waals surface area (Å²) in [7, 11) is 0. The number of nitrogens with one attached hydrogen (secondary N) is 1. The number of aliphatic imine (C=N–C) groups is 1. The van der Waals surface area contributed by atoms with Gasteiger partial charge in [-0.25, -0.2) is 9.97 Å². The first-order valence-corrected chi connectivity index (χ1v) is 11.5. The van der Waals surface area contributed by atoms with E-state index in [9.17, 15) is 9.59 Å². The Morgan fingerprint density at radius 2 is 2.00 bits per heavy atom. The van der Waals surface area contributed by atoms with E-state index in [1.165, 1.54) is 17.5 Å². The van der Waals surface area contributed by atoms with Gasteiger partial charge in [-0.3, -0.25) is 14.6 Å². The van der Waals surface area contributed by atoms with Crippen molar-refractivity contribution in [3.63, 3.8) is 0 Å². The second-order valence-electron chi connectivity index (χ2n) is 10.1. The Morgan fingerprint density at radius 3 is 2.79 bits per heavy atom. The molecule has 3 aromatic rings. The Balaban J connectivity index is 1.30. The molecule has 5 rings (SSSR count). The Bertz CT molecular complexity index is 1330. The fraction of sp³-hybridized carbons (Fsp3) is 0.385. The number of fused-ring (bicyclic) bond motifs is 2. The Labute approximate surface area is 197 Å². The molecule has 0 saturated heterocycles. The number of Topliss-reactive ketones (excluding diaryl/α,β-unsaturated/α-hetero) is 1. The number of rotatable bonds is 5. The lowest BCUT2D eigenvalue weighted by Gasteiger charge is -2.19.